The molecule has 19 heavy (non-hydrogen) atoms. The van der Waals surface area contributed by atoms with E-state index >= 15 is 0 Å². The molecule has 3 N–H and O–H groups in total. The van der Waals surface area contributed by atoms with Crippen molar-refractivity contribution in [3.8, 4) is 0 Å². The van der Waals surface area contributed by atoms with E-state index in [1.165, 1.54) is 0 Å². The zero-order chi connectivity index (χ0) is 13.8. The Kier molecular flexibility index (Phi) is 4.39. The predicted molar refractivity (Wildman–Crippen MR) is 74.0 cm³/mol. The highest BCUT2D eigenvalue weighted by Crippen LogP contribution is 2.23. The van der Waals surface area contributed by atoms with E-state index in [-0.39, 0.29) is 24.8 Å². The van der Waals surface area contributed by atoms with E-state index in [1.54, 1.807) is 29.2 Å². The molecule has 1 aromatic carbocycles. The molecule has 0 aliphatic carbocycles. The first kappa shape index (κ1) is 13.8. The van der Waals surface area contributed by atoms with Gasteiger partial charge in [0.2, 0.25) is 11.8 Å². The Bertz CT molecular complexity index is 475. The number of carbonyl (C=O) groups excluding carboxylic acids is 2. The summed E-state index contributed by atoms with van der Waals surface area (Å²) in [4.78, 5) is 25.3. The summed E-state index contributed by atoms with van der Waals surface area (Å²) in [5.74, 6) is -0.272. The van der Waals surface area contributed by atoms with Crippen molar-refractivity contribution in [3.63, 3.8) is 0 Å². The molecular formula is C13H16ClN3O2. The van der Waals surface area contributed by atoms with Gasteiger partial charge in [0, 0.05) is 30.2 Å². The number of hydrogen-bond donors (Lipinski definition) is 2. The molecule has 1 aliphatic heterocycles. The third-order valence-electron chi connectivity index (χ3n) is 3.05. The monoisotopic (exact) mass is 281 g/mol. The number of halogens is 1. The second-order valence-corrected chi connectivity index (χ2v) is 4.85. The molecule has 0 saturated carbocycles. The molecule has 5 nitrogen and oxygen atoms in total. The minimum Gasteiger partial charge on any atom is -0.344 e. The Morgan fingerprint density at radius 3 is 2.74 bits per heavy atom. The van der Waals surface area contributed by atoms with Crippen LogP contribution in [0.4, 0.5) is 5.69 Å². The van der Waals surface area contributed by atoms with E-state index in [9.17, 15) is 9.59 Å². The first-order valence-electron chi connectivity index (χ1n) is 6.18. The van der Waals surface area contributed by atoms with Gasteiger partial charge < -0.3 is 16.0 Å². The van der Waals surface area contributed by atoms with Gasteiger partial charge in [-0.1, -0.05) is 11.6 Å². The van der Waals surface area contributed by atoms with Crippen LogP contribution in [0.2, 0.25) is 5.02 Å². The summed E-state index contributed by atoms with van der Waals surface area (Å²) >= 11 is 5.81. The number of amides is 2. The molecule has 1 saturated heterocycles. The summed E-state index contributed by atoms with van der Waals surface area (Å²) in [5, 5.41) is 3.33. The van der Waals surface area contributed by atoms with Gasteiger partial charge in [-0.25, -0.2) is 0 Å². The number of rotatable bonds is 4. The maximum atomic E-state index is 12.2. The maximum absolute atomic E-state index is 12.2. The summed E-state index contributed by atoms with van der Waals surface area (Å²) < 4.78 is 0. The Labute approximate surface area is 116 Å². The van der Waals surface area contributed by atoms with Crippen molar-refractivity contribution in [2.24, 2.45) is 5.73 Å². The van der Waals surface area contributed by atoms with Crippen LogP contribution < -0.4 is 16.0 Å². The van der Waals surface area contributed by atoms with Crippen molar-refractivity contribution in [1.82, 2.24) is 5.32 Å². The number of hydrogen-bond acceptors (Lipinski definition) is 3. The van der Waals surface area contributed by atoms with Gasteiger partial charge in [0.15, 0.2) is 0 Å². The van der Waals surface area contributed by atoms with Gasteiger partial charge in [0.25, 0.3) is 0 Å². The average Bonchev–Trinajstić information content (AvgIpc) is 2.73. The summed E-state index contributed by atoms with van der Waals surface area (Å²) in [6.07, 6.45) is 0.850. The number of anilines is 1. The molecule has 0 bridgehead atoms. The molecule has 1 fully saturated rings. The Morgan fingerprint density at radius 2 is 2.11 bits per heavy atom. The van der Waals surface area contributed by atoms with Crippen LogP contribution >= 0.6 is 11.6 Å². The highest BCUT2D eigenvalue weighted by Gasteiger charge is 2.33. The van der Waals surface area contributed by atoms with Crippen LogP contribution in [0.25, 0.3) is 0 Å². The smallest absolute Gasteiger partial charge is 0.249 e. The topological polar surface area (TPSA) is 75.4 Å². The van der Waals surface area contributed by atoms with Crippen LogP contribution in [0, 0.1) is 0 Å². The molecule has 2 rings (SSSR count). The molecule has 1 unspecified atom stereocenters. The minimum atomic E-state index is -0.449. The van der Waals surface area contributed by atoms with Crippen molar-refractivity contribution < 1.29 is 9.59 Å². The van der Waals surface area contributed by atoms with Crippen LogP contribution in [-0.2, 0) is 9.59 Å². The van der Waals surface area contributed by atoms with Gasteiger partial charge in [0.05, 0.1) is 0 Å². The third kappa shape index (κ3) is 3.24. The molecule has 6 heteroatoms. The maximum Gasteiger partial charge on any atom is 0.249 e. The number of carbonyl (C=O) groups is 2. The van der Waals surface area contributed by atoms with Crippen LogP contribution in [0.15, 0.2) is 24.3 Å². The normalized spacial score (nSPS) is 18.7. The molecule has 0 aromatic heterocycles. The lowest BCUT2D eigenvalue weighted by molar-refractivity contribution is -0.126. The van der Waals surface area contributed by atoms with Crippen LogP contribution in [0.3, 0.4) is 0 Å². The van der Waals surface area contributed by atoms with E-state index in [0.29, 0.717) is 18.0 Å². The number of nitrogens with two attached hydrogens (primary N) is 1. The van der Waals surface area contributed by atoms with Crippen LogP contribution in [-0.4, -0.2) is 30.9 Å². The highest BCUT2D eigenvalue weighted by molar-refractivity contribution is 6.30. The van der Waals surface area contributed by atoms with Gasteiger partial charge in [0.1, 0.15) is 6.04 Å². The molecule has 0 radical (unpaired) electrons. The fourth-order valence-corrected chi connectivity index (χ4v) is 2.21. The number of nitrogens with one attached hydrogen (secondary N) is 1. The van der Waals surface area contributed by atoms with Crippen molar-refractivity contribution in [3.05, 3.63) is 29.3 Å². The van der Waals surface area contributed by atoms with Crippen LogP contribution in [0.1, 0.15) is 12.8 Å². The Morgan fingerprint density at radius 1 is 1.42 bits per heavy atom. The Hall–Kier alpha value is -1.59. The van der Waals surface area contributed by atoms with E-state index in [1.807, 2.05) is 0 Å². The van der Waals surface area contributed by atoms with Crippen molar-refractivity contribution in [2.45, 2.75) is 18.9 Å². The van der Waals surface area contributed by atoms with E-state index in [0.717, 1.165) is 5.69 Å². The molecule has 2 amide bonds. The fourth-order valence-electron chi connectivity index (χ4n) is 2.09. The third-order valence-corrected chi connectivity index (χ3v) is 3.30. The number of benzene rings is 1. The fraction of sp³-hybridized carbons (Fsp3) is 0.385. The molecule has 102 valence electrons. The lowest BCUT2D eigenvalue weighted by Gasteiger charge is -2.17. The lowest BCUT2D eigenvalue weighted by atomic mass is 10.2. The molecule has 1 aromatic rings. The molecule has 0 spiro atoms. The number of nitrogens with zero attached hydrogens (tertiary/aromatic N) is 1. The van der Waals surface area contributed by atoms with Gasteiger partial charge in [-0.05, 0) is 30.7 Å². The SMILES string of the molecule is NCCC(=O)NC1CCN(c2ccc(Cl)cc2)C1=O. The summed E-state index contributed by atoms with van der Waals surface area (Å²) in [7, 11) is 0. The zero-order valence-corrected chi connectivity index (χ0v) is 11.2. The average molecular weight is 282 g/mol. The lowest BCUT2D eigenvalue weighted by Crippen LogP contribution is -2.42. The molecule has 1 atom stereocenters. The van der Waals surface area contributed by atoms with Crippen molar-refractivity contribution in [2.75, 3.05) is 18.0 Å². The molecular weight excluding hydrogens is 266 g/mol. The summed E-state index contributed by atoms with van der Waals surface area (Å²) in [6.45, 7) is 0.877. The second kappa shape index (κ2) is 6.04. The van der Waals surface area contributed by atoms with Crippen LogP contribution in [0.5, 0.6) is 0 Å². The van der Waals surface area contributed by atoms with Gasteiger partial charge in [-0.2, -0.15) is 0 Å². The Balaban J connectivity index is 2.01. The van der Waals surface area contributed by atoms with E-state index in [2.05, 4.69) is 5.32 Å². The van der Waals surface area contributed by atoms with E-state index in [4.69, 9.17) is 17.3 Å². The predicted octanol–water partition coefficient (Wildman–Crippen LogP) is 0.910. The highest BCUT2D eigenvalue weighted by atomic mass is 35.5. The first-order valence-corrected chi connectivity index (χ1v) is 6.56. The molecule has 1 heterocycles. The van der Waals surface area contributed by atoms with Gasteiger partial charge in [-0.3, -0.25) is 9.59 Å². The van der Waals surface area contributed by atoms with Crippen molar-refractivity contribution >= 4 is 29.1 Å². The first-order chi connectivity index (χ1) is 9.11. The van der Waals surface area contributed by atoms with Crippen molar-refractivity contribution in [1.29, 1.82) is 0 Å². The van der Waals surface area contributed by atoms with Gasteiger partial charge in [-0.15, -0.1) is 0 Å². The van der Waals surface area contributed by atoms with Gasteiger partial charge >= 0.3 is 0 Å². The minimum absolute atomic E-state index is 0.0901. The zero-order valence-electron chi connectivity index (χ0n) is 10.4. The summed E-state index contributed by atoms with van der Waals surface area (Å²) in [5.41, 5.74) is 6.10. The standard InChI is InChI=1S/C13H16ClN3O2/c14-9-1-3-10(4-2-9)17-8-6-11(13(17)19)16-12(18)5-7-15/h1-4,11H,5-8,15H2,(H,16,18). The summed E-state index contributed by atoms with van der Waals surface area (Å²) in [6, 6.07) is 6.62. The molecule has 1 aliphatic rings. The van der Waals surface area contributed by atoms with E-state index < -0.39 is 6.04 Å². The second-order valence-electron chi connectivity index (χ2n) is 4.41. The quantitative estimate of drug-likeness (QED) is 0.861. The largest absolute Gasteiger partial charge is 0.344 e.